The molecular weight excluding hydrogens is 436 g/mol. The van der Waals surface area contributed by atoms with Crippen molar-refractivity contribution in [3.8, 4) is 0 Å². The highest BCUT2D eigenvalue weighted by atomic mass is 32.2. The van der Waals surface area contributed by atoms with E-state index in [1.54, 1.807) is 24.3 Å². The van der Waals surface area contributed by atoms with Crippen LogP contribution >= 0.6 is 23.5 Å². The Balaban J connectivity index is 1.95. The van der Waals surface area contributed by atoms with E-state index < -0.39 is 21.8 Å². The first-order valence-corrected chi connectivity index (χ1v) is 12.1. The zero-order valence-electron chi connectivity index (χ0n) is 15.2. The van der Waals surface area contributed by atoms with Crippen LogP contribution in [0.4, 0.5) is 11.4 Å². The number of carboxylic acids is 2. The fourth-order valence-corrected chi connectivity index (χ4v) is 4.54. The molecule has 11 heteroatoms. The summed E-state index contributed by atoms with van der Waals surface area (Å²) in [7, 11) is -3.67. The van der Waals surface area contributed by atoms with Crippen molar-refractivity contribution >= 4 is 56.7 Å². The van der Waals surface area contributed by atoms with E-state index >= 15 is 0 Å². The molecule has 0 heterocycles. The molecule has 4 N–H and O–H groups in total. The number of hydrogen-bond donors (Lipinski definition) is 4. The maximum Gasteiger partial charge on any atom is 0.313 e. The summed E-state index contributed by atoms with van der Waals surface area (Å²) in [5.74, 6) is -1.00. The monoisotopic (exact) mass is 456 g/mol. The van der Waals surface area contributed by atoms with Crippen LogP contribution < -0.4 is 10.6 Å². The first-order chi connectivity index (χ1) is 13.8. The van der Waals surface area contributed by atoms with Gasteiger partial charge in [0.15, 0.2) is 0 Å². The molecule has 0 aliphatic heterocycles. The van der Waals surface area contributed by atoms with Gasteiger partial charge in [-0.15, -0.1) is 23.5 Å². The predicted octanol–water partition coefficient (Wildman–Crippen LogP) is 2.89. The van der Waals surface area contributed by atoms with Crippen LogP contribution in [0.2, 0.25) is 0 Å². The second-order valence-electron chi connectivity index (χ2n) is 5.68. The molecule has 0 radical (unpaired) electrons. The van der Waals surface area contributed by atoms with Gasteiger partial charge in [0.25, 0.3) is 0 Å². The molecular formula is C18H20N2O6S3. The fourth-order valence-electron chi connectivity index (χ4n) is 2.19. The van der Waals surface area contributed by atoms with Crippen LogP contribution in [0.5, 0.6) is 0 Å². The Labute approximate surface area is 177 Å². The zero-order valence-corrected chi connectivity index (χ0v) is 17.6. The van der Waals surface area contributed by atoms with Gasteiger partial charge in [0.1, 0.15) is 0 Å². The number of nitrogens with one attached hydrogen (secondary N) is 2. The van der Waals surface area contributed by atoms with Gasteiger partial charge in [-0.3, -0.25) is 9.59 Å². The van der Waals surface area contributed by atoms with E-state index in [9.17, 15) is 18.0 Å². The van der Waals surface area contributed by atoms with Crippen molar-refractivity contribution in [3.05, 3.63) is 48.5 Å². The second-order valence-corrected chi connectivity index (χ2v) is 9.60. The minimum absolute atomic E-state index is 0.0113. The van der Waals surface area contributed by atoms with E-state index in [-0.39, 0.29) is 21.3 Å². The van der Waals surface area contributed by atoms with E-state index in [0.29, 0.717) is 23.1 Å². The third-order valence-electron chi connectivity index (χ3n) is 3.54. The van der Waals surface area contributed by atoms with Gasteiger partial charge in [0.05, 0.1) is 33.1 Å². The van der Waals surface area contributed by atoms with Crippen molar-refractivity contribution in [3.63, 3.8) is 0 Å². The number of thioether (sulfide) groups is 2. The van der Waals surface area contributed by atoms with Crippen molar-refractivity contribution in [2.45, 2.75) is 9.79 Å². The van der Waals surface area contributed by atoms with Gasteiger partial charge in [0.2, 0.25) is 9.84 Å². The van der Waals surface area contributed by atoms with Crippen molar-refractivity contribution in [2.75, 3.05) is 33.9 Å². The minimum atomic E-state index is -3.67. The summed E-state index contributed by atoms with van der Waals surface area (Å²) >= 11 is 2.41. The van der Waals surface area contributed by atoms with E-state index in [1.807, 2.05) is 0 Å². The summed E-state index contributed by atoms with van der Waals surface area (Å²) in [5.41, 5.74) is 1.39. The number of anilines is 2. The van der Waals surface area contributed by atoms with Crippen LogP contribution in [-0.2, 0) is 19.4 Å². The Morgan fingerprint density at radius 1 is 0.724 bits per heavy atom. The topological polar surface area (TPSA) is 133 Å². The molecule has 29 heavy (non-hydrogen) atoms. The van der Waals surface area contributed by atoms with E-state index in [0.717, 1.165) is 0 Å². The van der Waals surface area contributed by atoms with Gasteiger partial charge in [-0.1, -0.05) is 0 Å². The summed E-state index contributed by atoms with van der Waals surface area (Å²) in [6, 6.07) is 12.5. The Hall–Kier alpha value is -2.37. The molecule has 8 nitrogen and oxygen atoms in total. The molecule has 0 spiro atoms. The summed E-state index contributed by atoms with van der Waals surface area (Å²) in [6.07, 6.45) is 0. The van der Waals surface area contributed by atoms with Crippen molar-refractivity contribution in [1.29, 1.82) is 0 Å². The third kappa shape index (κ3) is 7.52. The molecule has 0 aromatic heterocycles. The number of sulfone groups is 1. The Bertz CT molecular complexity index is 860. The van der Waals surface area contributed by atoms with Crippen molar-refractivity contribution in [1.82, 2.24) is 0 Å². The van der Waals surface area contributed by atoms with Crippen LogP contribution in [0.25, 0.3) is 0 Å². The number of carboxylic acid groups (broad SMARTS) is 2. The van der Waals surface area contributed by atoms with E-state index in [2.05, 4.69) is 10.6 Å². The molecule has 2 aromatic carbocycles. The summed E-state index contributed by atoms with van der Waals surface area (Å²) in [4.78, 5) is 21.2. The molecule has 0 bridgehead atoms. The first-order valence-electron chi connectivity index (χ1n) is 8.31. The van der Waals surface area contributed by atoms with Crippen LogP contribution in [0.15, 0.2) is 58.3 Å². The molecule has 0 saturated carbocycles. The van der Waals surface area contributed by atoms with E-state index in [1.165, 1.54) is 47.8 Å². The lowest BCUT2D eigenvalue weighted by molar-refractivity contribution is -0.134. The summed E-state index contributed by atoms with van der Waals surface area (Å²) in [6.45, 7) is 0. The number of hydrogen-bond acceptors (Lipinski definition) is 8. The SMILES string of the molecule is O=C(O)CSCNc1ccc(S(=O)(=O)c2ccc(NCSCC(=O)O)cc2)cc1. The van der Waals surface area contributed by atoms with Crippen LogP contribution in [0, 0.1) is 0 Å². The lowest BCUT2D eigenvalue weighted by atomic mass is 10.3. The Morgan fingerprint density at radius 3 is 1.38 bits per heavy atom. The third-order valence-corrected chi connectivity index (χ3v) is 6.92. The zero-order chi connectivity index (χ0) is 21.3. The molecule has 0 saturated heterocycles. The Kier molecular flexibility index (Phi) is 8.68. The van der Waals surface area contributed by atoms with Gasteiger partial charge in [-0.2, -0.15) is 0 Å². The second kappa shape index (κ2) is 11.0. The van der Waals surface area contributed by atoms with Crippen LogP contribution in [-0.4, -0.2) is 53.8 Å². The molecule has 0 unspecified atom stereocenters. The van der Waals surface area contributed by atoms with Gasteiger partial charge in [0, 0.05) is 11.4 Å². The molecule has 0 aliphatic carbocycles. The molecule has 0 fully saturated rings. The lowest BCUT2D eigenvalue weighted by Crippen LogP contribution is -2.05. The summed E-state index contributed by atoms with van der Waals surface area (Å²) in [5, 5.41) is 23.2. The molecule has 0 aliphatic rings. The van der Waals surface area contributed by atoms with Gasteiger partial charge >= 0.3 is 11.9 Å². The quantitative estimate of drug-likeness (QED) is 0.279. The maximum atomic E-state index is 12.7. The predicted molar refractivity (Wildman–Crippen MR) is 116 cm³/mol. The normalized spacial score (nSPS) is 11.0. The molecule has 0 amide bonds. The molecule has 0 atom stereocenters. The van der Waals surface area contributed by atoms with Crippen LogP contribution in [0.1, 0.15) is 0 Å². The van der Waals surface area contributed by atoms with Crippen molar-refractivity contribution in [2.24, 2.45) is 0 Å². The Morgan fingerprint density at radius 2 is 1.07 bits per heavy atom. The maximum absolute atomic E-state index is 12.7. The van der Waals surface area contributed by atoms with Gasteiger partial charge in [-0.25, -0.2) is 8.42 Å². The molecule has 156 valence electrons. The molecule has 2 aromatic rings. The van der Waals surface area contributed by atoms with Gasteiger partial charge < -0.3 is 20.8 Å². The smallest absolute Gasteiger partial charge is 0.313 e. The number of carbonyl (C=O) groups is 2. The highest BCUT2D eigenvalue weighted by Crippen LogP contribution is 2.24. The van der Waals surface area contributed by atoms with Crippen LogP contribution in [0.3, 0.4) is 0 Å². The average Bonchev–Trinajstić information content (AvgIpc) is 2.69. The van der Waals surface area contributed by atoms with E-state index in [4.69, 9.17) is 10.2 Å². The summed E-state index contributed by atoms with van der Waals surface area (Å²) < 4.78 is 25.5. The molecule has 2 rings (SSSR count). The highest BCUT2D eigenvalue weighted by molar-refractivity contribution is 8.00. The lowest BCUT2D eigenvalue weighted by Gasteiger charge is -2.09. The number of benzene rings is 2. The number of aliphatic carboxylic acids is 2. The fraction of sp³-hybridized carbons (Fsp3) is 0.222. The standard InChI is InChI=1S/C18H20N2O6S3/c21-17(22)9-27-11-19-13-1-5-15(6-2-13)29(25,26)16-7-3-14(4-8-16)20-12-28-10-18(23)24/h1-8,19-20H,9-12H2,(H,21,22)(H,23,24). The largest absolute Gasteiger partial charge is 0.481 e. The highest BCUT2D eigenvalue weighted by Gasteiger charge is 2.17. The van der Waals surface area contributed by atoms with Gasteiger partial charge in [-0.05, 0) is 48.5 Å². The number of rotatable bonds is 12. The first kappa shape index (κ1) is 22.9. The average molecular weight is 457 g/mol. The van der Waals surface area contributed by atoms with Crippen molar-refractivity contribution < 1.29 is 28.2 Å². The minimum Gasteiger partial charge on any atom is -0.481 e.